The summed E-state index contributed by atoms with van der Waals surface area (Å²) < 4.78 is 4.93. The predicted molar refractivity (Wildman–Crippen MR) is 60.5 cm³/mol. The number of nitrogens with two attached hydrogens (primary N) is 2. The molecule has 1 aromatic rings. The highest BCUT2D eigenvalue weighted by atomic mass is 35.5. The van der Waals surface area contributed by atoms with E-state index in [1.165, 1.54) is 0 Å². The van der Waals surface area contributed by atoms with E-state index in [1.807, 2.05) is 6.07 Å². The van der Waals surface area contributed by atoms with Gasteiger partial charge >= 0.3 is 0 Å². The average molecular weight is 225 g/mol. The van der Waals surface area contributed by atoms with Gasteiger partial charge in [-0.25, -0.2) is 0 Å². The fourth-order valence-electron chi connectivity index (χ4n) is 0.906. The Hall–Kier alpha value is -0.640. The quantitative estimate of drug-likeness (QED) is 0.755. The van der Waals surface area contributed by atoms with Gasteiger partial charge in [0.15, 0.2) is 0 Å². The fourth-order valence-corrected chi connectivity index (χ4v) is 0.906. The summed E-state index contributed by atoms with van der Waals surface area (Å²) in [6, 6.07) is 5.37. The van der Waals surface area contributed by atoms with Crippen molar-refractivity contribution in [2.45, 2.75) is 6.61 Å². The van der Waals surface area contributed by atoms with Crippen molar-refractivity contribution in [1.29, 1.82) is 0 Å². The summed E-state index contributed by atoms with van der Waals surface area (Å²) in [5.74, 6) is 0. The number of hydrogen-bond acceptors (Lipinski definition) is 3. The number of rotatable bonds is 2. The van der Waals surface area contributed by atoms with Crippen LogP contribution in [0.1, 0.15) is 5.56 Å². The van der Waals surface area contributed by atoms with E-state index in [1.54, 1.807) is 19.2 Å². The topological polar surface area (TPSA) is 61.3 Å². The van der Waals surface area contributed by atoms with Crippen molar-refractivity contribution in [2.75, 3.05) is 18.6 Å². The zero-order valence-corrected chi connectivity index (χ0v) is 8.95. The van der Waals surface area contributed by atoms with Gasteiger partial charge in [0.2, 0.25) is 0 Å². The zero-order valence-electron chi connectivity index (χ0n) is 7.32. The molecule has 0 aliphatic carbocycles. The third kappa shape index (κ3) is 4.22. The summed E-state index contributed by atoms with van der Waals surface area (Å²) in [5, 5.41) is 0. The molecular weight excluding hydrogens is 211 g/mol. The van der Waals surface area contributed by atoms with Crippen LogP contribution in [0.25, 0.3) is 0 Å². The van der Waals surface area contributed by atoms with Crippen molar-refractivity contribution in [3.63, 3.8) is 0 Å². The molecule has 0 bridgehead atoms. The van der Waals surface area contributed by atoms with Gasteiger partial charge in [0.25, 0.3) is 0 Å². The molecule has 0 aliphatic rings. The number of hydrogen-bond donors (Lipinski definition) is 2. The van der Waals surface area contributed by atoms with Crippen molar-refractivity contribution < 1.29 is 4.74 Å². The molecule has 0 aromatic heterocycles. The first-order valence-electron chi connectivity index (χ1n) is 3.37. The Balaban J connectivity index is 0. The van der Waals surface area contributed by atoms with Gasteiger partial charge in [-0.3, -0.25) is 0 Å². The van der Waals surface area contributed by atoms with E-state index in [2.05, 4.69) is 0 Å². The molecule has 4 N–H and O–H groups in total. The van der Waals surface area contributed by atoms with Crippen molar-refractivity contribution in [1.82, 2.24) is 0 Å². The molecule has 3 nitrogen and oxygen atoms in total. The number of nitrogen functional groups attached to an aromatic ring is 2. The van der Waals surface area contributed by atoms with E-state index in [-0.39, 0.29) is 24.8 Å². The van der Waals surface area contributed by atoms with Gasteiger partial charge in [-0.15, -0.1) is 24.8 Å². The van der Waals surface area contributed by atoms with E-state index in [0.29, 0.717) is 12.3 Å². The number of ether oxygens (including phenoxy) is 1. The first-order valence-corrected chi connectivity index (χ1v) is 3.37. The number of halogens is 2. The van der Waals surface area contributed by atoms with Crippen LogP contribution in [-0.2, 0) is 11.3 Å². The lowest BCUT2D eigenvalue weighted by molar-refractivity contribution is 0.185. The molecule has 0 aliphatic heterocycles. The second kappa shape index (κ2) is 6.83. The Kier molecular flexibility index (Phi) is 7.81. The Morgan fingerprint density at radius 3 is 2.38 bits per heavy atom. The Morgan fingerprint density at radius 1 is 1.23 bits per heavy atom. The van der Waals surface area contributed by atoms with Crippen molar-refractivity contribution in [3.05, 3.63) is 23.8 Å². The van der Waals surface area contributed by atoms with Crippen LogP contribution in [0.4, 0.5) is 11.4 Å². The monoisotopic (exact) mass is 224 g/mol. The maximum atomic E-state index is 5.64. The third-order valence-electron chi connectivity index (χ3n) is 1.47. The lowest BCUT2D eigenvalue weighted by atomic mass is 10.2. The second-order valence-electron chi connectivity index (χ2n) is 2.39. The highest BCUT2D eigenvalue weighted by Crippen LogP contribution is 2.15. The second-order valence-corrected chi connectivity index (χ2v) is 2.39. The van der Waals surface area contributed by atoms with E-state index in [0.717, 1.165) is 11.3 Å². The zero-order chi connectivity index (χ0) is 8.27. The van der Waals surface area contributed by atoms with Crippen LogP contribution in [-0.4, -0.2) is 7.11 Å². The van der Waals surface area contributed by atoms with E-state index < -0.39 is 0 Å². The SMILES string of the molecule is COCc1cc(N)ccc1N.Cl.Cl. The van der Waals surface area contributed by atoms with Crippen molar-refractivity contribution in [2.24, 2.45) is 0 Å². The molecule has 0 saturated carbocycles. The van der Waals surface area contributed by atoms with Crippen LogP contribution in [0.3, 0.4) is 0 Å². The fraction of sp³-hybridized carbons (Fsp3) is 0.250. The number of benzene rings is 1. The van der Waals surface area contributed by atoms with Gasteiger partial charge in [-0.2, -0.15) is 0 Å². The molecule has 0 fully saturated rings. The summed E-state index contributed by atoms with van der Waals surface area (Å²) in [6.45, 7) is 0.511. The van der Waals surface area contributed by atoms with Gasteiger partial charge in [-0.05, 0) is 18.2 Å². The minimum atomic E-state index is 0. The molecule has 0 unspecified atom stereocenters. The summed E-state index contributed by atoms with van der Waals surface area (Å²) in [6.07, 6.45) is 0. The van der Waals surface area contributed by atoms with Crippen LogP contribution in [0, 0.1) is 0 Å². The maximum absolute atomic E-state index is 5.64. The smallest absolute Gasteiger partial charge is 0.0733 e. The minimum Gasteiger partial charge on any atom is -0.399 e. The first kappa shape index (κ1) is 14.9. The van der Waals surface area contributed by atoms with Crippen LogP contribution in [0.5, 0.6) is 0 Å². The molecule has 0 radical (unpaired) electrons. The summed E-state index contributed by atoms with van der Waals surface area (Å²) in [4.78, 5) is 0. The Morgan fingerprint density at radius 2 is 1.85 bits per heavy atom. The molecule has 0 heterocycles. The lowest BCUT2D eigenvalue weighted by Gasteiger charge is -2.04. The molecule has 0 spiro atoms. The molecule has 76 valence electrons. The van der Waals surface area contributed by atoms with Crippen LogP contribution < -0.4 is 11.5 Å². The van der Waals surface area contributed by atoms with Gasteiger partial charge in [0.05, 0.1) is 6.61 Å². The number of methoxy groups -OCH3 is 1. The summed E-state index contributed by atoms with van der Waals surface area (Å²) in [5.41, 5.74) is 13.6. The molecular formula is C8H14Cl2N2O. The van der Waals surface area contributed by atoms with Crippen molar-refractivity contribution in [3.8, 4) is 0 Å². The maximum Gasteiger partial charge on any atom is 0.0733 e. The summed E-state index contributed by atoms with van der Waals surface area (Å²) in [7, 11) is 1.63. The lowest BCUT2D eigenvalue weighted by Crippen LogP contribution is -1.97. The van der Waals surface area contributed by atoms with Crippen LogP contribution in [0.2, 0.25) is 0 Å². The standard InChI is InChI=1S/C8H12N2O.2ClH/c1-11-5-6-4-7(9)2-3-8(6)10;;/h2-4H,5,9-10H2,1H3;2*1H. The molecule has 0 atom stereocenters. The van der Waals surface area contributed by atoms with Gasteiger partial charge in [0.1, 0.15) is 0 Å². The molecule has 5 heteroatoms. The minimum absolute atomic E-state index is 0. The van der Waals surface area contributed by atoms with E-state index >= 15 is 0 Å². The number of anilines is 2. The Labute approximate surface area is 90.3 Å². The molecule has 1 rings (SSSR count). The summed E-state index contributed by atoms with van der Waals surface area (Å²) >= 11 is 0. The largest absolute Gasteiger partial charge is 0.399 e. The highest BCUT2D eigenvalue weighted by Gasteiger charge is 1.97. The van der Waals surface area contributed by atoms with E-state index in [9.17, 15) is 0 Å². The first-order chi connectivity index (χ1) is 5.24. The van der Waals surface area contributed by atoms with Gasteiger partial charge in [-0.1, -0.05) is 0 Å². The molecule has 13 heavy (non-hydrogen) atoms. The van der Waals surface area contributed by atoms with Gasteiger partial charge in [0, 0.05) is 24.0 Å². The normalized spacial score (nSPS) is 8.38. The molecule has 1 aromatic carbocycles. The average Bonchev–Trinajstić information content (AvgIpc) is 1.98. The van der Waals surface area contributed by atoms with Crippen LogP contribution >= 0.6 is 24.8 Å². The Bertz CT molecular complexity index is 256. The van der Waals surface area contributed by atoms with Gasteiger partial charge < -0.3 is 16.2 Å². The predicted octanol–water partition coefficient (Wildman–Crippen LogP) is 1.84. The highest BCUT2D eigenvalue weighted by molar-refractivity contribution is 5.85. The van der Waals surface area contributed by atoms with Crippen LogP contribution in [0.15, 0.2) is 18.2 Å². The van der Waals surface area contributed by atoms with Crippen molar-refractivity contribution >= 4 is 36.2 Å². The molecule has 0 amide bonds. The van der Waals surface area contributed by atoms with E-state index in [4.69, 9.17) is 16.2 Å². The third-order valence-corrected chi connectivity index (χ3v) is 1.47. The molecule has 0 saturated heterocycles.